The third kappa shape index (κ3) is 3.45. The Morgan fingerprint density at radius 2 is 2.35 bits per heavy atom. The molecule has 1 aromatic rings. The van der Waals surface area contributed by atoms with Crippen molar-refractivity contribution >= 4 is 33.3 Å². The summed E-state index contributed by atoms with van der Waals surface area (Å²) in [5.74, 6) is -0.944. The van der Waals surface area contributed by atoms with E-state index in [1.54, 1.807) is 17.0 Å². The molecule has 0 saturated carbocycles. The van der Waals surface area contributed by atoms with Crippen LogP contribution in [0.25, 0.3) is 0 Å². The smallest absolute Gasteiger partial charge is 0.306 e. The zero-order valence-electron chi connectivity index (χ0n) is 10.5. The third-order valence-corrected chi connectivity index (χ3v) is 3.51. The molecule has 108 valence electrons. The number of ether oxygens (including phenoxy) is 1. The minimum Gasteiger partial charge on any atom is -0.481 e. The Balaban J connectivity index is 2.24. The molecular formula is C12H13BrN2O5. The highest BCUT2D eigenvalue weighted by atomic mass is 79.9. The molecule has 8 heteroatoms. The van der Waals surface area contributed by atoms with Gasteiger partial charge in [-0.25, -0.2) is 0 Å². The predicted molar refractivity (Wildman–Crippen MR) is 75.0 cm³/mol. The molecule has 1 N–H and O–H groups in total. The minimum atomic E-state index is -0.944. The molecule has 1 fully saturated rings. The van der Waals surface area contributed by atoms with Gasteiger partial charge >= 0.3 is 5.97 Å². The summed E-state index contributed by atoms with van der Waals surface area (Å²) >= 11 is 3.29. The standard InChI is InChI=1S/C12H13BrN2O5/c13-8-1-2-10(15(18)19)11(5-8)14-3-4-20-9(7-14)6-12(16)17/h1-2,5,9H,3-4,6-7H2,(H,16,17). The van der Waals surface area contributed by atoms with Gasteiger partial charge in [0.25, 0.3) is 5.69 Å². The number of anilines is 1. The molecule has 0 aliphatic carbocycles. The lowest BCUT2D eigenvalue weighted by molar-refractivity contribution is -0.384. The van der Waals surface area contributed by atoms with Crippen LogP contribution in [0.1, 0.15) is 6.42 Å². The van der Waals surface area contributed by atoms with E-state index in [0.29, 0.717) is 25.4 Å². The van der Waals surface area contributed by atoms with Crippen LogP contribution >= 0.6 is 15.9 Å². The van der Waals surface area contributed by atoms with Crippen molar-refractivity contribution in [3.8, 4) is 0 Å². The SMILES string of the molecule is O=C(O)CC1CN(c2cc(Br)ccc2[N+](=O)[O-])CCO1. The summed E-state index contributed by atoms with van der Waals surface area (Å²) < 4.78 is 6.10. The van der Waals surface area contributed by atoms with Crippen LogP contribution in [0.2, 0.25) is 0 Å². The topological polar surface area (TPSA) is 92.9 Å². The van der Waals surface area contributed by atoms with E-state index in [2.05, 4.69) is 15.9 Å². The Hall–Kier alpha value is -1.67. The van der Waals surface area contributed by atoms with Crippen LogP contribution in [0.3, 0.4) is 0 Å². The first kappa shape index (κ1) is 14.7. The minimum absolute atomic E-state index is 0.00387. The van der Waals surface area contributed by atoms with Crippen molar-refractivity contribution in [2.45, 2.75) is 12.5 Å². The van der Waals surface area contributed by atoms with Crippen molar-refractivity contribution in [2.24, 2.45) is 0 Å². The van der Waals surface area contributed by atoms with Crippen molar-refractivity contribution in [3.05, 3.63) is 32.8 Å². The normalized spacial score (nSPS) is 18.9. The zero-order chi connectivity index (χ0) is 14.7. The lowest BCUT2D eigenvalue weighted by atomic mass is 10.1. The fourth-order valence-electron chi connectivity index (χ4n) is 2.16. The first-order chi connectivity index (χ1) is 9.47. The number of rotatable bonds is 4. The van der Waals surface area contributed by atoms with E-state index in [1.165, 1.54) is 6.07 Å². The summed E-state index contributed by atoms with van der Waals surface area (Å²) in [6, 6.07) is 4.71. The zero-order valence-corrected chi connectivity index (χ0v) is 12.1. The predicted octanol–water partition coefficient (Wildman–Crippen LogP) is 2.04. The van der Waals surface area contributed by atoms with Gasteiger partial charge in [-0.1, -0.05) is 15.9 Å². The molecule has 0 radical (unpaired) electrons. The monoisotopic (exact) mass is 344 g/mol. The molecule has 1 aliphatic heterocycles. The van der Waals surface area contributed by atoms with Crippen LogP contribution in [-0.2, 0) is 9.53 Å². The Labute approximate surface area is 123 Å². The molecule has 0 bridgehead atoms. The maximum atomic E-state index is 11.1. The molecule has 1 heterocycles. The Bertz CT molecular complexity index is 537. The molecule has 0 amide bonds. The van der Waals surface area contributed by atoms with E-state index in [9.17, 15) is 14.9 Å². The van der Waals surface area contributed by atoms with Gasteiger partial charge in [-0.15, -0.1) is 0 Å². The maximum absolute atomic E-state index is 11.1. The van der Waals surface area contributed by atoms with Crippen LogP contribution in [0.15, 0.2) is 22.7 Å². The third-order valence-electron chi connectivity index (χ3n) is 3.02. The van der Waals surface area contributed by atoms with E-state index in [0.717, 1.165) is 4.47 Å². The van der Waals surface area contributed by atoms with Gasteiger partial charge < -0.3 is 14.7 Å². The second-order valence-electron chi connectivity index (χ2n) is 4.43. The van der Waals surface area contributed by atoms with Gasteiger partial charge in [-0.2, -0.15) is 0 Å². The summed E-state index contributed by atoms with van der Waals surface area (Å²) in [4.78, 5) is 23.1. The van der Waals surface area contributed by atoms with E-state index in [1.807, 2.05) is 0 Å². The number of aliphatic carboxylic acids is 1. The van der Waals surface area contributed by atoms with Gasteiger partial charge in [-0.3, -0.25) is 14.9 Å². The van der Waals surface area contributed by atoms with Gasteiger partial charge in [0.15, 0.2) is 0 Å². The van der Waals surface area contributed by atoms with Gasteiger partial charge in [0.2, 0.25) is 0 Å². The number of benzene rings is 1. The molecule has 0 aromatic heterocycles. The first-order valence-corrected chi connectivity index (χ1v) is 6.79. The molecule has 1 unspecified atom stereocenters. The second-order valence-corrected chi connectivity index (χ2v) is 5.34. The van der Waals surface area contributed by atoms with Crippen molar-refractivity contribution in [3.63, 3.8) is 0 Å². The molecule has 1 aromatic carbocycles. The molecular weight excluding hydrogens is 332 g/mol. The first-order valence-electron chi connectivity index (χ1n) is 5.99. The summed E-state index contributed by atoms with van der Waals surface area (Å²) in [5.41, 5.74) is 0.479. The Kier molecular flexibility index (Phi) is 4.56. The number of hydrogen-bond donors (Lipinski definition) is 1. The molecule has 1 saturated heterocycles. The Morgan fingerprint density at radius 1 is 1.60 bits per heavy atom. The number of halogens is 1. The highest BCUT2D eigenvalue weighted by molar-refractivity contribution is 9.10. The summed E-state index contributed by atoms with van der Waals surface area (Å²) in [6.07, 6.45) is -0.571. The maximum Gasteiger partial charge on any atom is 0.306 e. The molecule has 20 heavy (non-hydrogen) atoms. The van der Waals surface area contributed by atoms with Gasteiger partial charge in [-0.05, 0) is 12.1 Å². The number of carboxylic acid groups (broad SMARTS) is 1. The summed E-state index contributed by atoms with van der Waals surface area (Å²) in [7, 11) is 0. The quantitative estimate of drug-likeness (QED) is 0.663. The van der Waals surface area contributed by atoms with Gasteiger partial charge in [0, 0.05) is 23.6 Å². The number of nitro benzene ring substituents is 1. The fourth-order valence-corrected chi connectivity index (χ4v) is 2.51. The van der Waals surface area contributed by atoms with Crippen LogP contribution in [0, 0.1) is 10.1 Å². The lowest BCUT2D eigenvalue weighted by Crippen LogP contribution is -2.43. The molecule has 0 spiro atoms. The van der Waals surface area contributed by atoms with E-state index >= 15 is 0 Å². The number of carboxylic acids is 1. The highest BCUT2D eigenvalue weighted by Gasteiger charge is 2.27. The van der Waals surface area contributed by atoms with Crippen LogP contribution in [0.5, 0.6) is 0 Å². The van der Waals surface area contributed by atoms with Crippen molar-refractivity contribution in [1.29, 1.82) is 0 Å². The number of nitrogens with zero attached hydrogens (tertiary/aromatic N) is 2. The number of morpholine rings is 1. The molecule has 1 aliphatic rings. The van der Waals surface area contributed by atoms with Crippen molar-refractivity contribution < 1.29 is 19.6 Å². The average molecular weight is 345 g/mol. The van der Waals surface area contributed by atoms with Crippen LogP contribution in [-0.4, -0.2) is 41.8 Å². The fraction of sp³-hybridized carbons (Fsp3) is 0.417. The summed E-state index contributed by atoms with van der Waals surface area (Å²) in [5, 5.41) is 19.9. The van der Waals surface area contributed by atoms with E-state index in [4.69, 9.17) is 9.84 Å². The average Bonchev–Trinajstić information content (AvgIpc) is 2.37. The lowest BCUT2D eigenvalue weighted by Gasteiger charge is -2.33. The largest absolute Gasteiger partial charge is 0.481 e. The molecule has 2 rings (SSSR count). The molecule has 7 nitrogen and oxygen atoms in total. The van der Waals surface area contributed by atoms with Gasteiger partial charge in [0.05, 0.1) is 24.1 Å². The van der Waals surface area contributed by atoms with Crippen LogP contribution < -0.4 is 4.90 Å². The Morgan fingerprint density at radius 3 is 3.00 bits per heavy atom. The number of nitro groups is 1. The number of carbonyl (C=O) groups is 1. The molecule has 1 atom stereocenters. The van der Waals surface area contributed by atoms with E-state index in [-0.39, 0.29) is 12.1 Å². The highest BCUT2D eigenvalue weighted by Crippen LogP contribution is 2.32. The van der Waals surface area contributed by atoms with Crippen LogP contribution in [0.4, 0.5) is 11.4 Å². The summed E-state index contributed by atoms with van der Waals surface area (Å²) in [6.45, 7) is 1.17. The number of hydrogen-bond acceptors (Lipinski definition) is 5. The van der Waals surface area contributed by atoms with Crippen molar-refractivity contribution in [1.82, 2.24) is 0 Å². The van der Waals surface area contributed by atoms with E-state index < -0.39 is 17.0 Å². The van der Waals surface area contributed by atoms with Gasteiger partial charge in [0.1, 0.15) is 5.69 Å². The second kappa shape index (κ2) is 6.19. The van der Waals surface area contributed by atoms with Crippen molar-refractivity contribution in [2.75, 3.05) is 24.6 Å².